The normalized spacial score (nSPS) is 21.8. The van der Waals surface area contributed by atoms with Gasteiger partial charge in [-0.05, 0) is 76.2 Å². The van der Waals surface area contributed by atoms with Crippen LogP contribution in [0.4, 0.5) is 5.69 Å². The third-order valence-corrected chi connectivity index (χ3v) is 8.79. The number of ketones is 1. The van der Waals surface area contributed by atoms with Crippen LogP contribution in [0, 0.1) is 0 Å². The molecule has 0 amide bonds. The van der Waals surface area contributed by atoms with Crippen LogP contribution in [-0.2, 0) is 15.6 Å². The molecule has 6 rings (SSSR count). The van der Waals surface area contributed by atoms with Crippen molar-refractivity contribution in [2.75, 3.05) is 5.32 Å². The molecule has 2 N–H and O–H groups in total. The molecule has 0 aromatic heterocycles. The molecule has 0 atom stereocenters. The fourth-order valence-corrected chi connectivity index (χ4v) is 6.81. The van der Waals surface area contributed by atoms with Gasteiger partial charge in [-0.25, -0.2) is 0 Å². The molecule has 0 saturated heterocycles. The summed E-state index contributed by atoms with van der Waals surface area (Å²) in [6.07, 6.45) is 2.18. The fraction of sp³-hybridized carbons (Fsp3) is 0.242. The highest BCUT2D eigenvalue weighted by Gasteiger charge is 2.44. The van der Waals surface area contributed by atoms with Crippen molar-refractivity contribution in [2.24, 2.45) is 0 Å². The van der Waals surface area contributed by atoms with E-state index < -0.39 is 0 Å². The van der Waals surface area contributed by atoms with Crippen LogP contribution in [0.25, 0.3) is 16.8 Å². The Hall–Kier alpha value is -3.56. The lowest BCUT2D eigenvalue weighted by Gasteiger charge is -2.31. The molecule has 3 aromatic carbocycles. The van der Waals surface area contributed by atoms with Gasteiger partial charge < -0.3 is 10.4 Å². The highest BCUT2D eigenvalue weighted by Crippen LogP contribution is 2.51. The zero-order valence-electron chi connectivity index (χ0n) is 22.0. The molecule has 3 nitrogen and oxygen atoms in total. The van der Waals surface area contributed by atoms with Gasteiger partial charge in [-0.15, -0.1) is 0 Å². The first kappa shape index (κ1) is 23.8. The Bertz CT molecular complexity index is 1690. The molecular formula is C33H30ClNO2. The minimum Gasteiger partial charge on any atom is -0.506 e. The lowest BCUT2D eigenvalue weighted by Crippen LogP contribution is -2.29. The summed E-state index contributed by atoms with van der Waals surface area (Å²) in [4.78, 5) is 13.6. The predicted molar refractivity (Wildman–Crippen MR) is 153 cm³/mol. The van der Waals surface area contributed by atoms with Crippen LogP contribution in [0.5, 0.6) is 0 Å². The van der Waals surface area contributed by atoms with Crippen LogP contribution < -0.4 is 5.32 Å². The lowest BCUT2D eigenvalue weighted by molar-refractivity contribution is -0.113. The SMILES string of the molecule is C/C(C1=Cc2ccc3ccccc3c2C1(C)C)=C1\C(=O)C(C(/C)=C2/Nc3ccc(Cl)cc3C2(C)C)=C1O. The van der Waals surface area contributed by atoms with Gasteiger partial charge in [0.2, 0.25) is 5.78 Å². The van der Waals surface area contributed by atoms with Crippen molar-refractivity contribution < 1.29 is 9.90 Å². The molecule has 0 bridgehead atoms. The van der Waals surface area contributed by atoms with Crippen LogP contribution in [0.3, 0.4) is 0 Å². The molecule has 3 aliphatic rings. The van der Waals surface area contributed by atoms with E-state index in [1.54, 1.807) is 0 Å². The summed E-state index contributed by atoms with van der Waals surface area (Å²) in [6.45, 7) is 12.5. The van der Waals surface area contributed by atoms with Gasteiger partial charge in [0.1, 0.15) is 5.76 Å². The number of halogens is 1. The number of carbonyl (C=O) groups excluding carboxylic acids is 1. The second kappa shape index (κ2) is 7.72. The number of anilines is 1. The van der Waals surface area contributed by atoms with E-state index in [1.165, 1.54) is 21.9 Å². The highest BCUT2D eigenvalue weighted by atomic mass is 35.5. The molecule has 2 aliphatic carbocycles. The number of nitrogens with one attached hydrogen (secondary N) is 1. The van der Waals surface area contributed by atoms with E-state index in [0.717, 1.165) is 33.7 Å². The molecule has 0 fully saturated rings. The minimum absolute atomic E-state index is 0.0802. The van der Waals surface area contributed by atoms with E-state index >= 15 is 0 Å². The monoisotopic (exact) mass is 507 g/mol. The highest BCUT2D eigenvalue weighted by molar-refractivity contribution is 6.30. The summed E-state index contributed by atoms with van der Waals surface area (Å²) in [5.74, 6) is -0.0271. The summed E-state index contributed by atoms with van der Waals surface area (Å²) in [7, 11) is 0. The Morgan fingerprint density at radius 2 is 1.65 bits per heavy atom. The Labute approximate surface area is 222 Å². The summed E-state index contributed by atoms with van der Waals surface area (Å²) in [5, 5.41) is 17.9. The minimum atomic E-state index is -0.370. The molecular weight excluding hydrogens is 478 g/mol. The van der Waals surface area contributed by atoms with Gasteiger partial charge in [0, 0.05) is 27.2 Å². The third-order valence-electron chi connectivity index (χ3n) is 8.56. The number of aliphatic hydroxyl groups is 1. The maximum absolute atomic E-state index is 13.6. The topological polar surface area (TPSA) is 49.3 Å². The number of hydrogen-bond acceptors (Lipinski definition) is 3. The molecule has 37 heavy (non-hydrogen) atoms. The van der Waals surface area contributed by atoms with Gasteiger partial charge in [-0.1, -0.05) is 81.8 Å². The Kier molecular flexibility index (Phi) is 4.97. The molecule has 1 aliphatic heterocycles. The average molecular weight is 508 g/mol. The van der Waals surface area contributed by atoms with E-state index in [2.05, 4.69) is 75.5 Å². The Morgan fingerprint density at radius 3 is 2.38 bits per heavy atom. The molecule has 0 saturated carbocycles. The number of Topliss-reactive ketones (excluding diaryl/α,β-unsaturated/α-hetero) is 1. The van der Waals surface area contributed by atoms with Gasteiger partial charge in [-0.2, -0.15) is 0 Å². The number of benzene rings is 3. The van der Waals surface area contributed by atoms with Gasteiger partial charge in [-0.3, -0.25) is 4.79 Å². The molecule has 0 unspecified atom stereocenters. The molecule has 186 valence electrons. The first-order chi connectivity index (χ1) is 17.4. The van der Waals surface area contributed by atoms with Gasteiger partial charge in [0.25, 0.3) is 0 Å². The summed E-state index contributed by atoms with van der Waals surface area (Å²) >= 11 is 6.27. The summed E-state index contributed by atoms with van der Waals surface area (Å²) in [5.41, 5.74) is 8.22. The second-order valence-electron chi connectivity index (χ2n) is 11.4. The largest absolute Gasteiger partial charge is 0.506 e. The standard InChI is InChI=1S/C33H30ClNO2/c1-17(23-15-20-12-11-19-9-7-8-10-22(19)28(20)32(23,3)4)26-29(36)27(30(26)37)18(2)31-33(5,6)24-16-21(34)13-14-25(24)35-31/h7-16,35-36H,1-6H3/b26-17+,31-18+. The van der Waals surface area contributed by atoms with Crippen molar-refractivity contribution in [1.82, 2.24) is 0 Å². The van der Waals surface area contributed by atoms with Crippen LogP contribution in [0.1, 0.15) is 58.2 Å². The van der Waals surface area contributed by atoms with E-state index in [4.69, 9.17) is 11.6 Å². The molecule has 0 radical (unpaired) electrons. The van der Waals surface area contributed by atoms with Crippen LogP contribution in [0.15, 0.2) is 93.9 Å². The summed E-state index contributed by atoms with van der Waals surface area (Å²) < 4.78 is 0. The molecule has 0 spiro atoms. The zero-order chi connectivity index (χ0) is 26.4. The van der Waals surface area contributed by atoms with Gasteiger partial charge in [0.05, 0.1) is 11.1 Å². The van der Waals surface area contributed by atoms with Gasteiger partial charge >= 0.3 is 0 Å². The quantitative estimate of drug-likeness (QED) is 0.341. The van der Waals surface area contributed by atoms with Gasteiger partial charge in [0.15, 0.2) is 0 Å². The molecule has 3 aromatic rings. The number of hydrogen-bond donors (Lipinski definition) is 2. The van der Waals surface area contributed by atoms with Crippen molar-refractivity contribution in [1.29, 1.82) is 0 Å². The van der Waals surface area contributed by atoms with Crippen LogP contribution in [-0.4, -0.2) is 10.9 Å². The Morgan fingerprint density at radius 1 is 0.919 bits per heavy atom. The fourth-order valence-electron chi connectivity index (χ4n) is 6.64. The average Bonchev–Trinajstić information content (AvgIpc) is 3.28. The maximum Gasteiger partial charge on any atom is 0.201 e. The van der Waals surface area contributed by atoms with E-state index in [0.29, 0.717) is 16.2 Å². The smallest absolute Gasteiger partial charge is 0.201 e. The number of aliphatic hydroxyl groups excluding tert-OH is 1. The molecule has 4 heteroatoms. The van der Waals surface area contributed by atoms with Crippen molar-refractivity contribution in [2.45, 2.75) is 52.4 Å². The maximum atomic E-state index is 13.6. The van der Waals surface area contributed by atoms with E-state index in [1.807, 2.05) is 32.0 Å². The zero-order valence-corrected chi connectivity index (χ0v) is 22.8. The van der Waals surface area contributed by atoms with Crippen molar-refractivity contribution in [3.63, 3.8) is 0 Å². The number of fused-ring (bicyclic) bond motifs is 4. The third kappa shape index (κ3) is 3.17. The Balaban J connectivity index is 1.43. The number of allylic oxidation sites excluding steroid dienone is 6. The number of carbonyl (C=O) groups is 1. The first-order valence-corrected chi connectivity index (χ1v) is 13.0. The van der Waals surface area contributed by atoms with Crippen LogP contribution in [0.2, 0.25) is 5.02 Å². The number of rotatable bonds is 2. The second-order valence-corrected chi connectivity index (χ2v) is 11.9. The summed E-state index contributed by atoms with van der Waals surface area (Å²) in [6, 6.07) is 18.5. The van der Waals surface area contributed by atoms with Crippen molar-refractivity contribution >= 4 is 39.9 Å². The van der Waals surface area contributed by atoms with E-state index in [-0.39, 0.29) is 22.4 Å². The van der Waals surface area contributed by atoms with Crippen LogP contribution >= 0.6 is 11.6 Å². The first-order valence-electron chi connectivity index (χ1n) is 12.7. The van der Waals surface area contributed by atoms with Crippen molar-refractivity contribution in [3.8, 4) is 0 Å². The van der Waals surface area contributed by atoms with E-state index in [9.17, 15) is 9.90 Å². The predicted octanol–water partition coefficient (Wildman–Crippen LogP) is 8.56. The van der Waals surface area contributed by atoms with Crippen molar-refractivity contribution in [3.05, 3.63) is 116 Å². The molecule has 1 heterocycles. The lowest BCUT2D eigenvalue weighted by atomic mass is 9.72.